The molecule has 0 bridgehead atoms. The van der Waals surface area contributed by atoms with Crippen molar-refractivity contribution in [3.05, 3.63) is 12.1 Å². The maximum atomic E-state index is 5.84. The minimum absolute atomic E-state index is 0.0277. The minimum Gasteiger partial charge on any atom is -0.476 e. The number of anilines is 2. The normalized spacial score (nSPS) is 11.3. The minimum atomic E-state index is 0.0277. The Hall–Kier alpha value is -1.45. The lowest BCUT2D eigenvalue weighted by Gasteiger charge is -2.26. The lowest BCUT2D eigenvalue weighted by Crippen LogP contribution is -2.30. The second-order valence-electron chi connectivity index (χ2n) is 5.20. The SMILES string of the molecule is CCCOc1nc(NC(C)(C)CCC)ccc1N. The molecule has 0 fully saturated rings. The molecule has 102 valence electrons. The Morgan fingerprint density at radius 2 is 2.00 bits per heavy atom. The van der Waals surface area contributed by atoms with Gasteiger partial charge in [-0.1, -0.05) is 20.3 Å². The third kappa shape index (κ3) is 4.43. The molecule has 0 atom stereocenters. The number of rotatable bonds is 7. The van der Waals surface area contributed by atoms with Crippen molar-refractivity contribution in [2.75, 3.05) is 17.7 Å². The summed E-state index contributed by atoms with van der Waals surface area (Å²) in [6.45, 7) is 9.21. The molecule has 3 N–H and O–H groups in total. The molecule has 0 unspecified atom stereocenters. The summed E-state index contributed by atoms with van der Waals surface area (Å²) in [6.07, 6.45) is 3.17. The summed E-state index contributed by atoms with van der Waals surface area (Å²) in [5.74, 6) is 1.34. The van der Waals surface area contributed by atoms with Crippen molar-refractivity contribution < 1.29 is 4.74 Å². The van der Waals surface area contributed by atoms with Crippen LogP contribution in [0.4, 0.5) is 11.5 Å². The van der Waals surface area contributed by atoms with Gasteiger partial charge >= 0.3 is 0 Å². The highest BCUT2D eigenvalue weighted by Crippen LogP contribution is 2.24. The van der Waals surface area contributed by atoms with Gasteiger partial charge in [0.15, 0.2) is 0 Å². The number of pyridine rings is 1. The predicted molar refractivity (Wildman–Crippen MR) is 77.0 cm³/mol. The first-order chi connectivity index (χ1) is 8.48. The van der Waals surface area contributed by atoms with Crippen LogP contribution in [0.3, 0.4) is 0 Å². The molecule has 18 heavy (non-hydrogen) atoms. The number of hydrogen-bond acceptors (Lipinski definition) is 4. The Kier molecular flexibility index (Phi) is 5.25. The summed E-state index contributed by atoms with van der Waals surface area (Å²) in [5.41, 5.74) is 6.45. The number of nitrogens with zero attached hydrogens (tertiary/aromatic N) is 1. The Morgan fingerprint density at radius 3 is 2.61 bits per heavy atom. The molecule has 0 aliphatic carbocycles. The number of hydrogen-bond donors (Lipinski definition) is 2. The molecule has 0 amide bonds. The van der Waals surface area contributed by atoms with Gasteiger partial charge in [0.25, 0.3) is 0 Å². The number of ether oxygens (including phenoxy) is 1. The van der Waals surface area contributed by atoms with Crippen molar-refractivity contribution in [1.29, 1.82) is 0 Å². The van der Waals surface area contributed by atoms with Gasteiger partial charge in [-0.05, 0) is 38.8 Å². The van der Waals surface area contributed by atoms with E-state index in [9.17, 15) is 0 Å². The third-order valence-electron chi connectivity index (χ3n) is 2.67. The van der Waals surface area contributed by atoms with Gasteiger partial charge in [-0.15, -0.1) is 0 Å². The largest absolute Gasteiger partial charge is 0.476 e. The van der Waals surface area contributed by atoms with Gasteiger partial charge in [0.05, 0.1) is 12.3 Å². The number of nitrogen functional groups attached to an aromatic ring is 1. The molecule has 0 radical (unpaired) electrons. The number of nitrogens with two attached hydrogens (primary N) is 1. The molecule has 0 aromatic carbocycles. The van der Waals surface area contributed by atoms with Gasteiger partial charge in [-0.25, -0.2) is 0 Å². The molecule has 0 aliphatic rings. The van der Waals surface area contributed by atoms with Gasteiger partial charge in [0.2, 0.25) is 5.88 Å². The Bertz CT molecular complexity index is 377. The molecule has 0 saturated carbocycles. The van der Waals surface area contributed by atoms with E-state index in [4.69, 9.17) is 10.5 Å². The summed E-state index contributed by atoms with van der Waals surface area (Å²) < 4.78 is 5.52. The van der Waals surface area contributed by atoms with E-state index in [-0.39, 0.29) is 5.54 Å². The van der Waals surface area contributed by atoms with Crippen molar-refractivity contribution in [1.82, 2.24) is 4.98 Å². The molecule has 0 aliphatic heterocycles. The van der Waals surface area contributed by atoms with Crippen LogP contribution in [-0.2, 0) is 0 Å². The monoisotopic (exact) mass is 251 g/mol. The van der Waals surface area contributed by atoms with Crippen molar-refractivity contribution in [2.45, 2.75) is 52.5 Å². The van der Waals surface area contributed by atoms with Crippen molar-refractivity contribution >= 4 is 11.5 Å². The summed E-state index contributed by atoms with van der Waals surface area (Å²) in [4.78, 5) is 4.42. The third-order valence-corrected chi connectivity index (χ3v) is 2.67. The highest BCUT2D eigenvalue weighted by Gasteiger charge is 2.17. The number of nitrogens with one attached hydrogen (secondary N) is 1. The Labute approximate surface area is 110 Å². The maximum absolute atomic E-state index is 5.84. The lowest BCUT2D eigenvalue weighted by atomic mass is 9.99. The van der Waals surface area contributed by atoms with Gasteiger partial charge in [0.1, 0.15) is 5.82 Å². The zero-order valence-corrected chi connectivity index (χ0v) is 11.9. The molecule has 4 heteroatoms. The first-order valence-electron chi connectivity index (χ1n) is 6.66. The molecule has 0 spiro atoms. The summed E-state index contributed by atoms with van der Waals surface area (Å²) in [5, 5.41) is 3.42. The van der Waals surface area contributed by atoms with Crippen molar-refractivity contribution in [2.24, 2.45) is 0 Å². The molecule has 1 rings (SSSR count). The van der Waals surface area contributed by atoms with Crippen LogP contribution in [-0.4, -0.2) is 17.1 Å². The predicted octanol–water partition coefficient (Wildman–Crippen LogP) is 3.44. The summed E-state index contributed by atoms with van der Waals surface area (Å²) >= 11 is 0. The zero-order chi connectivity index (χ0) is 13.6. The second-order valence-corrected chi connectivity index (χ2v) is 5.20. The van der Waals surface area contributed by atoms with Gasteiger partial charge in [0, 0.05) is 5.54 Å². The van der Waals surface area contributed by atoms with E-state index in [0.29, 0.717) is 18.2 Å². The van der Waals surface area contributed by atoms with Crippen LogP contribution >= 0.6 is 0 Å². The van der Waals surface area contributed by atoms with E-state index >= 15 is 0 Å². The van der Waals surface area contributed by atoms with Gasteiger partial charge in [-0.2, -0.15) is 4.98 Å². The van der Waals surface area contributed by atoms with Crippen LogP contribution in [0.25, 0.3) is 0 Å². The molecule has 1 aromatic heterocycles. The topological polar surface area (TPSA) is 60.2 Å². The summed E-state index contributed by atoms with van der Waals surface area (Å²) in [6, 6.07) is 3.73. The maximum Gasteiger partial charge on any atom is 0.239 e. The quantitative estimate of drug-likeness (QED) is 0.779. The van der Waals surface area contributed by atoms with Crippen LogP contribution < -0.4 is 15.8 Å². The first-order valence-corrected chi connectivity index (χ1v) is 6.66. The second kappa shape index (κ2) is 6.47. The average Bonchev–Trinajstić information content (AvgIpc) is 2.29. The summed E-state index contributed by atoms with van der Waals surface area (Å²) in [7, 11) is 0. The van der Waals surface area contributed by atoms with E-state index in [1.165, 1.54) is 0 Å². The van der Waals surface area contributed by atoms with Crippen molar-refractivity contribution in [3.63, 3.8) is 0 Å². The molecule has 1 heterocycles. The van der Waals surface area contributed by atoms with Gasteiger partial charge < -0.3 is 15.8 Å². The molecular weight excluding hydrogens is 226 g/mol. The van der Waals surface area contributed by atoms with Crippen LogP contribution in [0.5, 0.6) is 5.88 Å². The highest BCUT2D eigenvalue weighted by atomic mass is 16.5. The Balaban J connectivity index is 2.78. The lowest BCUT2D eigenvalue weighted by molar-refractivity contribution is 0.307. The van der Waals surface area contributed by atoms with Gasteiger partial charge in [-0.3, -0.25) is 0 Å². The van der Waals surface area contributed by atoms with Crippen LogP contribution in [0.2, 0.25) is 0 Å². The molecular formula is C14H25N3O. The van der Waals surface area contributed by atoms with E-state index in [1.54, 1.807) is 0 Å². The molecule has 1 aromatic rings. The van der Waals surface area contributed by atoms with E-state index in [2.05, 4.69) is 38.0 Å². The van der Waals surface area contributed by atoms with E-state index < -0.39 is 0 Å². The van der Waals surface area contributed by atoms with E-state index in [1.807, 2.05) is 12.1 Å². The fourth-order valence-corrected chi connectivity index (χ4v) is 1.87. The van der Waals surface area contributed by atoms with Crippen LogP contribution in [0, 0.1) is 0 Å². The van der Waals surface area contributed by atoms with Crippen molar-refractivity contribution in [3.8, 4) is 5.88 Å². The fourth-order valence-electron chi connectivity index (χ4n) is 1.87. The van der Waals surface area contributed by atoms with Crippen LogP contribution in [0.15, 0.2) is 12.1 Å². The Morgan fingerprint density at radius 1 is 1.28 bits per heavy atom. The highest BCUT2D eigenvalue weighted by molar-refractivity contribution is 5.54. The number of aromatic nitrogens is 1. The molecule has 4 nitrogen and oxygen atoms in total. The van der Waals surface area contributed by atoms with Crippen LogP contribution in [0.1, 0.15) is 47.0 Å². The average molecular weight is 251 g/mol. The zero-order valence-electron chi connectivity index (χ0n) is 11.9. The standard InChI is InChI=1S/C14H25N3O/c1-5-9-14(3,4)17-12-8-7-11(15)13(16-12)18-10-6-2/h7-8H,5-6,9-10,15H2,1-4H3,(H,16,17). The smallest absolute Gasteiger partial charge is 0.239 e. The fraction of sp³-hybridized carbons (Fsp3) is 0.643. The molecule has 0 saturated heterocycles. The first kappa shape index (κ1) is 14.6. The van der Waals surface area contributed by atoms with E-state index in [0.717, 1.165) is 25.1 Å².